The van der Waals surface area contributed by atoms with E-state index in [2.05, 4.69) is 26.0 Å². The molecule has 0 bridgehead atoms. The van der Waals surface area contributed by atoms with Gasteiger partial charge in [-0.3, -0.25) is 29.9 Å². The van der Waals surface area contributed by atoms with Gasteiger partial charge in [0.25, 0.3) is 0 Å². The van der Waals surface area contributed by atoms with Crippen LogP contribution in [0.5, 0.6) is 0 Å². The molecule has 4 rings (SSSR count). The summed E-state index contributed by atoms with van der Waals surface area (Å²) in [7, 11) is 0. The quantitative estimate of drug-likeness (QED) is 0.0315. The number of guanidine groups is 1. The molecule has 0 saturated heterocycles. The lowest BCUT2D eigenvalue weighted by Crippen LogP contribution is -2.60. The third-order valence-corrected chi connectivity index (χ3v) is 10.4. The van der Waals surface area contributed by atoms with Gasteiger partial charge >= 0.3 is 6.18 Å². The highest BCUT2D eigenvalue weighted by Gasteiger charge is 2.47. The molecule has 1 aromatic heterocycles. The van der Waals surface area contributed by atoms with Gasteiger partial charge in [-0.25, -0.2) is 4.39 Å². The highest BCUT2D eigenvalue weighted by molar-refractivity contribution is 6.01. The fraction of sp³-hybridized carbons (Fsp3) is 0.486. The Morgan fingerprint density at radius 3 is 2.25 bits per heavy atom. The van der Waals surface area contributed by atoms with E-state index in [1.165, 1.54) is 30.3 Å². The van der Waals surface area contributed by atoms with Crippen molar-refractivity contribution in [3.63, 3.8) is 0 Å². The molecule has 0 aliphatic heterocycles. The van der Waals surface area contributed by atoms with E-state index in [4.69, 9.17) is 11.3 Å². The van der Waals surface area contributed by atoms with E-state index in [1.54, 1.807) is 19.9 Å². The number of aryl methyl sites for hydroxylation is 1. The lowest BCUT2D eigenvalue weighted by atomic mass is 9.72. The standard InChI is InChI=1S/C37H45F4N7O4/c1-5-20(3)25(17-23(49)16-22-10-7-8-13-29(22)38)34(52)46-36(31(50)18-26(21(4)6-2)33(51)45-35(42)47-48-43)15-14-30-27(19-36)24-11-9-12-28(32(24)44-30)37(39,40)41/h7-13,20-21,25-26,44H,5-6,14-19H2,1-4H3,(H,46,52)(H4,42,43,45,47,51)/t20?,21?,25-,26-,36+/m0/s1. The number of carbonyl (C=O) groups is 4. The smallest absolute Gasteiger partial charge is 0.358 e. The molecule has 6 N–H and O–H groups in total. The fourth-order valence-electron chi connectivity index (χ4n) is 6.98. The highest BCUT2D eigenvalue weighted by Crippen LogP contribution is 2.41. The summed E-state index contributed by atoms with van der Waals surface area (Å²) in [6.07, 6.45) is -4.58. The summed E-state index contributed by atoms with van der Waals surface area (Å²) >= 11 is 0. The topological polar surface area (TPSA) is 183 Å². The first-order valence-corrected chi connectivity index (χ1v) is 17.3. The van der Waals surface area contributed by atoms with E-state index in [9.17, 15) is 36.7 Å². The molecule has 0 spiro atoms. The summed E-state index contributed by atoms with van der Waals surface area (Å²) in [4.78, 5) is 58.5. The Morgan fingerprint density at radius 2 is 1.63 bits per heavy atom. The second-order valence-electron chi connectivity index (χ2n) is 13.7. The van der Waals surface area contributed by atoms with Crippen LogP contribution in [0.15, 0.2) is 52.8 Å². The molecule has 3 aromatic rings. The van der Waals surface area contributed by atoms with Crippen molar-refractivity contribution in [3.05, 3.63) is 70.7 Å². The van der Waals surface area contributed by atoms with Crippen molar-refractivity contribution < 1.29 is 36.7 Å². The molecule has 15 heteroatoms. The average molecular weight is 728 g/mol. The highest BCUT2D eigenvalue weighted by atomic mass is 19.4. The Balaban J connectivity index is 1.75. The van der Waals surface area contributed by atoms with Gasteiger partial charge in [0.05, 0.1) is 11.1 Å². The van der Waals surface area contributed by atoms with Crippen LogP contribution in [-0.2, 0) is 44.6 Å². The maximum Gasteiger partial charge on any atom is 0.418 e. The molecular formula is C37H45F4N7O4. The molecule has 0 radical (unpaired) electrons. The summed E-state index contributed by atoms with van der Waals surface area (Å²) in [6.45, 7) is 7.23. The number of hydrogen-bond donors (Lipinski definition) is 5. The van der Waals surface area contributed by atoms with Crippen LogP contribution in [0.1, 0.15) is 82.2 Å². The Hall–Kier alpha value is -4.95. The number of carbonyl (C=O) groups excluding carboxylic acids is 4. The molecule has 11 nitrogen and oxygen atoms in total. The van der Waals surface area contributed by atoms with E-state index in [0.717, 1.165) is 6.07 Å². The summed E-state index contributed by atoms with van der Waals surface area (Å²) in [5, 5.41) is 19.6. The van der Waals surface area contributed by atoms with Crippen LogP contribution in [0.25, 0.3) is 10.9 Å². The van der Waals surface area contributed by atoms with E-state index < -0.39 is 58.5 Å². The largest absolute Gasteiger partial charge is 0.418 e. The zero-order valence-corrected chi connectivity index (χ0v) is 29.6. The van der Waals surface area contributed by atoms with E-state index in [-0.39, 0.29) is 72.6 Å². The average Bonchev–Trinajstić information content (AvgIpc) is 3.46. The van der Waals surface area contributed by atoms with Crippen LogP contribution < -0.4 is 16.5 Å². The Morgan fingerprint density at radius 1 is 0.981 bits per heavy atom. The number of hydrogen-bond acceptors (Lipinski definition) is 6. The van der Waals surface area contributed by atoms with Crippen molar-refractivity contribution in [2.75, 3.05) is 0 Å². The first kappa shape index (κ1) is 39.8. The molecular weight excluding hydrogens is 682 g/mol. The summed E-state index contributed by atoms with van der Waals surface area (Å²) in [5.74, 6) is -0.943. The van der Waals surface area contributed by atoms with Crippen LogP contribution in [0.3, 0.4) is 0 Å². The number of amides is 2. The van der Waals surface area contributed by atoms with Crippen LogP contribution in [0, 0.1) is 34.9 Å². The lowest BCUT2D eigenvalue weighted by molar-refractivity contribution is -0.139. The normalized spacial score (nSPS) is 18.3. The van der Waals surface area contributed by atoms with Crippen molar-refractivity contribution in [2.24, 2.45) is 39.9 Å². The van der Waals surface area contributed by atoms with Gasteiger partial charge in [-0.1, -0.05) is 81.2 Å². The van der Waals surface area contributed by atoms with Gasteiger partial charge in [-0.15, -0.1) is 0 Å². The number of fused-ring (bicyclic) bond motifs is 3. The molecule has 5 atom stereocenters. The predicted molar refractivity (Wildman–Crippen MR) is 186 cm³/mol. The number of nitrogens with zero attached hydrogens (tertiary/aromatic N) is 2. The number of rotatable bonds is 14. The van der Waals surface area contributed by atoms with Crippen LogP contribution in [-0.4, -0.2) is 39.9 Å². The SMILES string of the molecule is CCC(C)[C@H](CC(=O)[C@@]1(NC(=O)[C@@H](CC(=O)Cc2ccccc2F)C(C)CC)CCc2[nH]c3c(C(F)(F)F)cccc3c2C1)C(=O)NC(=N)N=NN. The van der Waals surface area contributed by atoms with Crippen molar-refractivity contribution >= 4 is 40.2 Å². The minimum absolute atomic E-state index is 0.00119. The molecule has 2 amide bonds. The molecule has 2 aromatic carbocycles. The number of nitrogens with one attached hydrogen (secondary N) is 4. The predicted octanol–water partition coefficient (Wildman–Crippen LogP) is 6.53. The summed E-state index contributed by atoms with van der Waals surface area (Å²) in [5.41, 5.74) is -1.53. The third-order valence-electron chi connectivity index (χ3n) is 10.4. The Bertz CT molecular complexity index is 1860. The van der Waals surface area contributed by atoms with Gasteiger partial charge in [0.2, 0.25) is 17.8 Å². The van der Waals surface area contributed by atoms with Gasteiger partial charge in [0.15, 0.2) is 5.78 Å². The minimum atomic E-state index is -4.65. The third kappa shape index (κ3) is 8.91. The zero-order valence-electron chi connectivity index (χ0n) is 29.6. The maximum atomic E-state index is 14.6. The number of aromatic amines is 1. The van der Waals surface area contributed by atoms with Crippen molar-refractivity contribution in [3.8, 4) is 0 Å². The second-order valence-corrected chi connectivity index (χ2v) is 13.7. The number of H-pyrrole nitrogens is 1. The molecule has 0 fully saturated rings. The number of aromatic nitrogens is 1. The molecule has 2 unspecified atom stereocenters. The van der Waals surface area contributed by atoms with Crippen molar-refractivity contribution in [2.45, 2.75) is 90.8 Å². The van der Waals surface area contributed by atoms with E-state index in [1.807, 2.05) is 13.8 Å². The monoisotopic (exact) mass is 727 g/mol. The number of halogens is 4. The summed E-state index contributed by atoms with van der Waals surface area (Å²) in [6, 6.07) is 9.64. The molecule has 1 aliphatic carbocycles. The number of benzene rings is 2. The van der Waals surface area contributed by atoms with E-state index >= 15 is 0 Å². The van der Waals surface area contributed by atoms with Gasteiger partial charge in [-0.2, -0.15) is 13.2 Å². The van der Waals surface area contributed by atoms with E-state index in [0.29, 0.717) is 24.1 Å². The van der Waals surface area contributed by atoms with Gasteiger partial charge in [0, 0.05) is 48.6 Å². The first-order chi connectivity index (χ1) is 24.5. The van der Waals surface area contributed by atoms with Crippen LogP contribution in [0.2, 0.25) is 0 Å². The number of nitrogens with two attached hydrogens (primary N) is 1. The van der Waals surface area contributed by atoms with Gasteiger partial charge in [-0.05, 0) is 47.9 Å². The molecule has 0 saturated carbocycles. The summed E-state index contributed by atoms with van der Waals surface area (Å²) < 4.78 is 56.4. The number of ketones is 2. The first-order valence-electron chi connectivity index (χ1n) is 17.3. The maximum absolute atomic E-state index is 14.6. The number of para-hydroxylation sites is 1. The second kappa shape index (κ2) is 16.6. The molecule has 1 aliphatic rings. The number of Topliss-reactive ketones (excluding diaryl/α,β-unsaturated/α-hetero) is 2. The number of alkyl halides is 3. The van der Waals surface area contributed by atoms with Crippen LogP contribution in [0.4, 0.5) is 17.6 Å². The minimum Gasteiger partial charge on any atom is -0.358 e. The fourth-order valence-corrected chi connectivity index (χ4v) is 6.98. The van der Waals surface area contributed by atoms with Gasteiger partial charge < -0.3 is 16.1 Å². The Labute approximate surface area is 299 Å². The molecule has 280 valence electrons. The molecule has 52 heavy (non-hydrogen) atoms. The van der Waals surface area contributed by atoms with Gasteiger partial charge in [0.1, 0.15) is 17.1 Å². The molecule has 1 heterocycles. The van der Waals surface area contributed by atoms with Crippen LogP contribution >= 0.6 is 0 Å². The van der Waals surface area contributed by atoms with Crippen molar-refractivity contribution in [1.29, 1.82) is 5.41 Å². The van der Waals surface area contributed by atoms with Crippen molar-refractivity contribution in [1.82, 2.24) is 15.6 Å². The lowest BCUT2D eigenvalue weighted by Gasteiger charge is -2.39. The zero-order chi connectivity index (χ0) is 38.4. The Kier molecular flexibility index (Phi) is 12.7.